The lowest BCUT2D eigenvalue weighted by Crippen LogP contribution is -2.23. The van der Waals surface area contributed by atoms with E-state index < -0.39 is 11.6 Å². The van der Waals surface area contributed by atoms with Gasteiger partial charge < -0.3 is 10.8 Å². The first-order valence-electron chi connectivity index (χ1n) is 5.84. The summed E-state index contributed by atoms with van der Waals surface area (Å²) >= 11 is 24.0. The van der Waals surface area contributed by atoms with Gasteiger partial charge in [-0.15, -0.1) is 0 Å². The van der Waals surface area contributed by atoms with Crippen molar-refractivity contribution in [3.8, 4) is 5.75 Å². The van der Waals surface area contributed by atoms with Crippen LogP contribution in [-0.4, -0.2) is 16.7 Å². The first kappa shape index (κ1) is 15.4. The molecule has 2 aromatic carbocycles. The Bertz CT molecular complexity index is 821. The third-order valence-electron chi connectivity index (χ3n) is 3.39. The molecular formula is C14H5Cl4NO3. The number of halogens is 4. The molecule has 0 aliphatic heterocycles. The van der Waals surface area contributed by atoms with Crippen LogP contribution >= 0.6 is 46.4 Å². The van der Waals surface area contributed by atoms with Gasteiger partial charge in [-0.2, -0.15) is 0 Å². The predicted molar refractivity (Wildman–Crippen MR) is 85.9 cm³/mol. The molecule has 8 heteroatoms. The Labute approximate surface area is 144 Å². The van der Waals surface area contributed by atoms with E-state index in [1.165, 1.54) is 12.1 Å². The number of aromatic hydroxyl groups is 1. The summed E-state index contributed by atoms with van der Waals surface area (Å²) in [5, 5.41) is 9.27. The number of phenolic OH excluding ortho intramolecular Hbond substituents is 1. The van der Waals surface area contributed by atoms with E-state index in [1.807, 2.05) is 0 Å². The molecule has 0 saturated heterocycles. The number of hydrogen-bond acceptors (Lipinski definition) is 4. The Morgan fingerprint density at radius 3 is 1.68 bits per heavy atom. The molecule has 0 aromatic heterocycles. The number of phenols is 1. The summed E-state index contributed by atoms with van der Waals surface area (Å²) in [4.78, 5) is 25.3. The number of fused-ring (bicyclic) bond motifs is 2. The largest absolute Gasteiger partial charge is 0.507 e. The smallest absolute Gasteiger partial charge is 0.199 e. The molecule has 0 radical (unpaired) electrons. The Morgan fingerprint density at radius 2 is 1.18 bits per heavy atom. The van der Waals surface area contributed by atoms with Crippen molar-refractivity contribution >= 4 is 63.7 Å². The Balaban J connectivity index is 2.50. The molecule has 0 fully saturated rings. The molecule has 0 unspecified atom stereocenters. The minimum Gasteiger partial charge on any atom is -0.507 e. The fourth-order valence-electron chi connectivity index (χ4n) is 2.39. The zero-order chi connectivity index (χ0) is 16.3. The van der Waals surface area contributed by atoms with Crippen molar-refractivity contribution < 1.29 is 14.7 Å². The van der Waals surface area contributed by atoms with Gasteiger partial charge in [-0.05, 0) is 12.1 Å². The number of nitrogen functional groups attached to an aromatic ring is 1. The fourth-order valence-corrected chi connectivity index (χ4v) is 3.41. The van der Waals surface area contributed by atoms with Gasteiger partial charge in [-0.25, -0.2) is 0 Å². The average Bonchev–Trinajstić information content (AvgIpc) is 2.48. The number of carbonyl (C=O) groups excluding carboxylic acids is 2. The van der Waals surface area contributed by atoms with Crippen LogP contribution in [0.5, 0.6) is 5.75 Å². The molecule has 3 N–H and O–H groups in total. The number of carbonyl (C=O) groups is 2. The van der Waals surface area contributed by atoms with E-state index >= 15 is 0 Å². The van der Waals surface area contributed by atoms with E-state index in [2.05, 4.69) is 0 Å². The molecule has 0 heterocycles. The highest BCUT2D eigenvalue weighted by atomic mass is 35.5. The second kappa shape index (κ2) is 5.03. The predicted octanol–water partition coefficient (Wildman–Crippen LogP) is 4.36. The summed E-state index contributed by atoms with van der Waals surface area (Å²) in [6.45, 7) is 0. The van der Waals surface area contributed by atoms with E-state index in [-0.39, 0.29) is 53.8 Å². The summed E-state index contributed by atoms with van der Waals surface area (Å²) in [5.41, 5.74) is 5.07. The van der Waals surface area contributed by atoms with Crippen molar-refractivity contribution in [2.45, 2.75) is 0 Å². The summed E-state index contributed by atoms with van der Waals surface area (Å²) < 4.78 is 0. The molecule has 0 saturated carbocycles. The van der Waals surface area contributed by atoms with Crippen molar-refractivity contribution in [3.63, 3.8) is 0 Å². The molecular weight excluding hydrogens is 372 g/mol. The standard InChI is InChI=1S/C14H5Cl4NO3/c15-9-7-8(10(16)12(18)11(9)17)14(22)6-4(20)2-1-3(19)5(6)13(7)21/h1-2,20H,19H2. The Morgan fingerprint density at radius 1 is 0.727 bits per heavy atom. The minimum absolute atomic E-state index is 0.0371. The van der Waals surface area contributed by atoms with Gasteiger partial charge in [0.2, 0.25) is 0 Å². The van der Waals surface area contributed by atoms with Gasteiger partial charge >= 0.3 is 0 Å². The highest BCUT2D eigenvalue weighted by molar-refractivity contribution is 6.55. The molecule has 1 aliphatic carbocycles. The third-order valence-corrected chi connectivity index (χ3v) is 5.19. The van der Waals surface area contributed by atoms with E-state index in [9.17, 15) is 14.7 Å². The van der Waals surface area contributed by atoms with E-state index in [0.717, 1.165) is 0 Å². The maximum atomic E-state index is 12.7. The second-order valence-electron chi connectivity index (χ2n) is 4.59. The number of ketones is 2. The average molecular weight is 377 g/mol. The first-order chi connectivity index (χ1) is 10.3. The fraction of sp³-hybridized carbons (Fsp3) is 0. The molecule has 0 spiro atoms. The van der Waals surface area contributed by atoms with Crippen LogP contribution in [0.2, 0.25) is 20.1 Å². The van der Waals surface area contributed by atoms with E-state index in [0.29, 0.717) is 0 Å². The minimum atomic E-state index is -0.695. The van der Waals surface area contributed by atoms with Crippen LogP contribution in [0.25, 0.3) is 0 Å². The zero-order valence-electron chi connectivity index (χ0n) is 10.5. The molecule has 3 rings (SSSR count). The maximum absolute atomic E-state index is 12.7. The van der Waals surface area contributed by atoms with Crippen molar-refractivity contribution in [1.29, 1.82) is 0 Å². The van der Waals surface area contributed by atoms with Gasteiger partial charge in [0, 0.05) is 5.69 Å². The van der Waals surface area contributed by atoms with Crippen molar-refractivity contribution in [3.05, 3.63) is 54.5 Å². The molecule has 0 bridgehead atoms. The second-order valence-corrected chi connectivity index (χ2v) is 6.10. The Kier molecular flexibility index (Phi) is 3.53. The Hall–Kier alpha value is -1.46. The van der Waals surface area contributed by atoms with Crippen molar-refractivity contribution in [2.75, 3.05) is 5.73 Å². The van der Waals surface area contributed by atoms with Crippen molar-refractivity contribution in [2.24, 2.45) is 0 Å². The van der Waals surface area contributed by atoms with Gasteiger partial charge in [0.1, 0.15) is 5.75 Å². The number of hydrogen-bond donors (Lipinski definition) is 2. The lowest BCUT2D eigenvalue weighted by Gasteiger charge is -2.22. The lowest BCUT2D eigenvalue weighted by molar-refractivity contribution is 0.0977. The number of rotatable bonds is 0. The quantitative estimate of drug-likeness (QED) is 0.264. The van der Waals surface area contributed by atoms with Crippen LogP contribution in [0.4, 0.5) is 5.69 Å². The summed E-state index contributed by atoms with van der Waals surface area (Å²) in [6.07, 6.45) is 0. The molecule has 2 aromatic rings. The highest BCUT2D eigenvalue weighted by Gasteiger charge is 2.38. The monoisotopic (exact) mass is 375 g/mol. The van der Waals surface area contributed by atoms with Gasteiger partial charge in [-0.1, -0.05) is 46.4 Å². The number of anilines is 1. The summed E-state index contributed by atoms with van der Waals surface area (Å²) in [6, 6.07) is 2.54. The first-order valence-corrected chi connectivity index (χ1v) is 7.35. The topological polar surface area (TPSA) is 80.4 Å². The van der Waals surface area contributed by atoms with Crippen LogP contribution in [-0.2, 0) is 0 Å². The number of nitrogens with two attached hydrogens (primary N) is 1. The van der Waals surface area contributed by atoms with Gasteiger partial charge in [0.05, 0.1) is 42.3 Å². The summed E-state index contributed by atoms with van der Waals surface area (Å²) in [5.74, 6) is -1.73. The zero-order valence-corrected chi connectivity index (χ0v) is 13.5. The van der Waals surface area contributed by atoms with Crippen molar-refractivity contribution in [1.82, 2.24) is 0 Å². The SMILES string of the molecule is Nc1ccc(O)c2c1C(=O)c1c(Cl)c(Cl)c(Cl)c(Cl)c1C2=O. The maximum Gasteiger partial charge on any atom is 0.199 e. The van der Waals surface area contributed by atoms with Crippen LogP contribution in [0, 0.1) is 0 Å². The molecule has 112 valence electrons. The van der Waals surface area contributed by atoms with Gasteiger partial charge in [-0.3, -0.25) is 9.59 Å². The van der Waals surface area contributed by atoms with E-state index in [1.54, 1.807) is 0 Å². The normalized spacial score (nSPS) is 13.1. The molecule has 22 heavy (non-hydrogen) atoms. The highest BCUT2D eigenvalue weighted by Crippen LogP contribution is 2.47. The van der Waals surface area contributed by atoms with Gasteiger partial charge in [0.25, 0.3) is 0 Å². The third kappa shape index (κ3) is 1.85. The molecule has 0 atom stereocenters. The van der Waals surface area contributed by atoms with Gasteiger partial charge in [0.15, 0.2) is 11.6 Å². The molecule has 0 amide bonds. The van der Waals surface area contributed by atoms with E-state index in [4.69, 9.17) is 52.1 Å². The van der Waals surface area contributed by atoms with Crippen LogP contribution in [0.3, 0.4) is 0 Å². The molecule has 1 aliphatic rings. The van der Waals surface area contributed by atoms with Crippen LogP contribution in [0.15, 0.2) is 12.1 Å². The lowest BCUT2D eigenvalue weighted by atomic mass is 9.82. The summed E-state index contributed by atoms with van der Waals surface area (Å²) in [7, 11) is 0. The number of benzene rings is 2. The van der Waals surface area contributed by atoms with Crippen LogP contribution < -0.4 is 5.73 Å². The molecule has 4 nitrogen and oxygen atoms in total. The van der Waals surface area contributed by atoms with Crippen LogP contribution in [0.1, 0.15) is 31.8 Å².